The van der Waals surface area contributed by atoms with Gasteiger partial charge in [0.15, 0.2) is 0 Å². The summed E-state index contributed by atoms with van der Waals surface area (Å²) in [5.41, 5.74) is 0. The molecule has 0 aromatic rings. The van der Waals surface area contributed by atoms with Crippen molar-refractivity contribution in [1.29, 1.82) is 0 Å². The summed E-state index contributed by atoms with van der Waals surface area (Å²) in [5.74, 6) is 0.552. The third-order valence-corrected chi connectivity index (χ3v) is 5.61. The van der Waals surface area contributed by atoms with Crippen LogP contribution in [0.3, 0.4) is 0 Å². The highest BCUT2D eigenvalue weighted by molar-refractivity contribution is 4.89. The summed E-state index contributed by atoms with van der Waals surface area (Å²) >= 11 is 0. The maximum absolute atomic E-state index is 5.76. The second-order valence-electron chi connectivity index (χ2n) is 7.82. The molecule has 2 aliphatic rings. The van der Waals surface area contributed by atoms with E-state index >= 15 is 0 Å². The first kappa shape index (κ1) is 21.0. The first-order chi connectivity index (χ1) is 12.0. The van der Waals surface area contributed by atoms with Crippen molar-refractivity contribution in [3.63, 3.8) is 0 Å². The van der Waals surface area contributed by atoms with Gasteiger partial charge in [0, 0.05) is 38.3 Å². The molecule has 2 rings (SSSR count). The van der Waals surface area contributed by atoms with Crippen LogP contribution in [0.2, 0.25) is 0 Å². The van der Waals surface area contributed by atoms with Crippen molar-refractivity contribution < 1.29 is 4.74 Å². The van der Waals surface area contributed by atoms with E-state index in [0.29, 0.717) is 36.3 Å². The van der Waals surface area contributed by atoms with E-state index in [-0.39, 0.29) is 6.29 Å². The molecule has 6 N–H and O–H groups in total. The van der Waals surface area contributed by atoms with Gasteiger partial charge in [0.25, 0.3) is 0 Å². The molecule has 0 radical (unpaired) electrons. The summed E-state index contributed by atoms with van der Waals surface area (Å²) in [6, 6.07) is 1.51. The summed E-state index contributed by atoms with van der Waals surface area (Å²) in [7, 11) is 5.87. The van der Waals surface area contributed by atoms with Gasteiger partial charge in [-0.15, -0.1) is 0 Å². The van der Waals surface area contributed by atoms with Crippen LogP contribution in [-0.2, 0) is 4.74 Å². The Morgan fingerprint density at radius 1 is 1.16 bits per heavy atom. The standard InChI is InChI=1S/C18H40N6O/c1-12-8-17(20-4)24-18(22-12)23-15-6-7-16(25-5)14(9-15)11-21-13(2)10-19-3/h12-24H,6-11H2,1-5H3. The number of hydrogen-bond donors (Lipinski definition) is 6. The average molecular weight is 357 g/mol. The number of hydrogen-bond acceptors (Lipinski definition) is 7. The Kier molecular flexibility index (Phi) is 9.06. The SMILES string of the molecule is CNCC(C)NCC1CC(NC2NC(C)CC(NC)N2)CCC1OC. The number of ether oxygens (including phenoxy) is 1. The molecule has 2 fully saturated rings. The van der Waals surface area contributed by atoms with E-state index in [1.807, 2.05) is 21.2 Å². The molecule has 1 aliphatic heterocycles. The van der Waals surface area contributed by atoms with Gasteiger partial charge in [-0.3, -0.25) is 16.0 Å². The molecule has 7 nitrogen and oxygen atoms in total. The van der Waals surface area contributed by atoms with Gasteiger partial charge in [-0.05, 0) is 59.5 Å². The Bertz CT molecular complexity index is 371. The molecule has 1 saturated heterocycles. The largest absolute Gasteiger partial charge is 0.381 e. The molecule has 1 saturated carbocycles. The van der Waals surface area contributed by atoms with Crippen LogP contribution in [-0.4, -0.2) is 71.0 Å². The minimum absolute atomic E-state index is 0.169. The topological polar surface area (TPSA) is 81.4 Å². The molecule has 1 heterocycles. The molecular formula is C18H40N6O. The zero-order chi connectivity index (χ0) is 18.2. The Morgan fingerprint density at radius 2 is 1.96 bits per heavy atom. The van der Waals surface area contributed by atoms with Crippen LogP contribution in [0.15, 0.2) is 0 Å². The van der Waals surface area contributed by atoms with Crippen LogP contribution in [0.4, 0.5) is 0 Å². The second-order valence-corrected chi connectivity index (χ2v) is 7.82. The van der Waals surface area contributed by atoms with Crippen molar-refractivity contribution in [2.24, 2.45) is 5.92 Å². The second kappa shape index (κ2) is 10.8. The summed E-state index contributed by atoms with van der Waals surface area (Å²) in [4.78, 5) is 0. The number of rotatable bonds is 9. The normalized spacial score (nSPS) is 37.8. The molecule has 7 unspecified atom stereocenters. The van der Waals surface area contributed by atoms with Gasteiger partial charge in [-0.25, -0.2) is 0 Å². The zero-order valence-corrected chi connectivity index (χ0v) is 16.7. The molecule has 0 aromatic carbocycles. The Balaban J connectivity index is 1.83. The van der Waals surface area contributed by atoms with Crippen molar-refractivity contribution in [2.75, 3.05) is 34.3 Å². The zero-order valence-electron chi connectivity index (χ0n) is 16.7. The molecule has 0 bridgehead atoms. The quantitative estimate of drug-likeness (QED) is 0.340. The lowest BCUT2D eigenvalue weighted by molar-refractivity contribution is 0.0102. The van der Waals surface area contributed by atoms with E-state index in [4.69, 9.17) is 4.74 Å². The fraction of sp³-hybridized carbons (Fsp3) is 1.00. The fourth-order valence-electron chi connectivity index (χ4n) is 4.20. The maximum atomic E-state index is 5.76. The van der Waals surface area contributed by atoms with Crippen molar-refractivity contribution in [1.82, 2.24) is 31.9 Å². The Hall–Kier alpha value is -0.280. The van der Waals surface area contributed by atoms with Crippen LogP contribution >= 0.6 is 0 Å². The van der Waals surface area contributed by atoms with Gasteiger partial charge in [-0.1, -0.05) is 0 Å². The van der Waals surface area contributed by atoms with Gasteiger partial charge in [0.1, 0.15) is 6.29 Å². The van der Waals surface area contributed by atoms with Gasteiger partial charge in [0.05, 0.1) is 12.3 Å². The van der Waals surface area contributed by atoms with Crippen LogP contribution in [0, 0.1) is 5.92 Å². The summed E-state index contributed by atoms with van der Waals surface area (Å²) in [6.07, 6.45) is 5.43. The predicted molar refractivity (Wildman–Crippen MR) is 103 cm³/mol. The third kappa shape index (κ3) is 6.75. The minimum atomic E-state index is 0.169. The Labute approximate surface area is 153 Å². The van der Waals surface area contributed by atoms with E-state index in [9.17, 15) is 0 Å². The summed E-state index contributed by atoms with van der Waals surface area (Å²) in [5, 5.41) is 21.2. The van der Waals surface area contributed by atoms with E-state index < -0.39 is 0 Å². The van der Waals surface area contributed by atoms with Crippen LogP contribution in [0.5, 0.6) is 0 Å². The minimum Gasteiger partial charge on any atom is -0.381 e. The first-order valence-corrected chi connectivity index (χ1v) is 9.91. The highest BCUT2D eigenvalue weighted by Gasteiger charge is 2.33. The molecule has 148 valence electrons. The molecule has 25 heavy (non-hydrogen) atoms. The van der Waals surface area contributed by atoms with E-state index in [1.165, 1.54) is 6.42 Å². The smallest absolute Gasteiger partial charge is 0.113 e. The predicted octanol–water partition coefficient (Wildman–Crippen LogP) is -0.242. The lowest BCUT2D eigenvalue weighted by Gasteiger charge is -2.41. The maximum Gasteiger partial charge on any atom is 0.113 e. The summed E-state index contributed by atoms with van der Waals surface area (Å²) < 4.78 is 5.76. The van der Waals surface area contributed by atoms with Crippen molar-refractivity contribution in [3.05, 3.63) is 0 Å². The molecule has 0 aromatic heterocycles. The van der Waals surface area contributed by atoms with Gasteiger partial charge in [-0.2, -0.15) is 0 Å². The molecule has 1 aliphatic carbocycles. The third-order valence-electron chi connectivity index (χ3n) is 5.61. The Morgan fingerprint density at radius 3 is 2.64 bits per heavy atom. The summed E-state index contributed by atoms with van der Waals surface area (Å²) in [6.45, 7) is 6.48. The number of nitrogens with one attached hydrogen (secondary N) is 6. The van der Waals surface area contributed by atoms with Crippen LogP contribution < -0.4 is 31.9 Å². The van der Waals surface area contributed by atoms with E-state index in [1.54, 1.807) is 0 Å². The average Bonchev–Trinajstić information content (AvgIpc) is 2.60. The molecule has 7 heteroatoms. The van der Waals surface area contributed by atoms with E-state index in [2.05, 4.69) is 45.7 Å². The lowest BCUT2D eigenvalue weighted by atomic mass is 9.83. The highest BCUT2D eigenvalue weighted by atomic mass is 16.5. The number of methoxy groups -OCH3 is 1. The molecule has 0 spiro atoms. The van der Waals surface area contributed by atoms with Crippen molar-refractivity contribution in [3.8, 4) is 0 Å². The fourth-order valence-corrected chi connectivity index (χ4v) is 4.20. The molecule has 0 amide bonds. The van der Waals surface area contributed by atoms with Gasteiger partial charge >= 0.3 is 0 Å². The van der Waals surface area contributed by atoms with Crippen LogP contribution in [0.25, 0.3) is 0 Å². The van der Waals surface area contributed by atoms with Gasteiger partial charge in [0.2, 0.25) is 0 Å². The van der Waals surface area contributed by atoms with E-state index in [0.717, 1.165) is 32.4 Å². The first-order valence-electron chi connectivity index (χ1n) is 9.91. The van der Waals surface area contributed by atoms with Crippen LogP contribution in [0.1, 0.15) is 39.5 Å². The molecule has 7 atom stereocenters. The molecular weight excluding hydrogens is 316 g/mol. The highest BCUT2D eigenvalue weighted by Crippen LogP contribution is 2.27. The number of likely N-dealkylation sites (N-methyl/N-ethyl adjacent to an activating group) is 1. The van der Waals surface area contributed by atoms with Crippen molar-refractivity contribution in [2.45, 2.75) is 76.2 Å². The lowest BCUT2D eigenvalue weighted by Crippen LogP contribution is -2.68. The monoisotopic (exact) mass is 356 g/mol. The van der Waals surface area contributed by atoms with Crippen molar-refractivity contribution >= 4 is 0 Å². The van der Waals surface area contributed by atoms with Gasteiger partial charge < -0.3 is 20.7 Å².